The molecule has 0 saturated carbocycles. The minimum Gasteiger partial charge on any atom is -0.422 e. The molecule has 0 aliphatic rings. The fourth-order valence-electron chi connectivity index (χ4n) is 1.99. The number of hydrogen-bond donors (Lipinski definition) is 3. The SMILES string of the molecule is NC(=O)c1ccc(Nc2nc(=O)n(O)c3ncccc23)cc1. The van der Waals surface area contributed by atoms with Gasteiger partial charge in [0, 0.05) is 17.4 Å². The van der Waals surface area contributed by atoms with Crippen LogP contribution in [0.1, 0.15) is 10.4 Å². The Morgan fingerprint density at radius 1 is 1.23 bits per heavy atom. The van der Waals surface area contributed by atoms with Gasteiger partial charge in [-0.1, -0.05) is 0 Å². The molecule has 2 heterocycles. The molecule has 4 N–H and O–H groups in total. The van der Waals surface area contributed by atoms with Crippen molar-refractivity contribution in [1.82, 2.24) is 14.7 Å². The number of nitrogens with zero attached hydrogens (tertiary/aromatic N) is 3. The number of aromatic nitrogens is 3. The fourth-order valence-corrected chi connectivity index (χ4v) is 1.99. The van der Waals surface area contributed by atoms with Crippen LogP contribution >= 0.6 is 0 Å². The molecule has 22 heavy (non-hydrogen) atoms. The lowest BCUT2D eigenvalue weighted by atomic mass is 10.2. The van der Waals surface area contributed by atoms with Gasteiger partial charge in [0.2, 0.25) is 5.91 Å². The Hall–Kier alpha value is -3.42. The van der Waals surface area contributed by atoms with Crippen LogP contribution in [0.4, 0.5) is 11.5 Å². The van der Waals surface area contributed by atoms with E-state index in [1.807, 2.05) is 0 Å². The molecule has 0 aliphatic carbocycles. The van der Waals surface area contributed by atoms with Gasteiger partial charge in [0.25, 0.3) is 0 Å². The van der Waals surface area contributed by atoms with Crippen molar-refractivity contribution in [2.24, 2.45) is 5.73 Å². The molecule has 8 heteroatoms. The van der Waals surface area contributed by atoms with E-state index >= 15 is 0 Å². The first kappa shape index (κ1) is 13.6. The van der Waals surface area contributed by atoms with E-state index in [0.717, 1.165) is 0 Å². The van der Waals surface area contributed by atoms with Crippen LogP contribution in [0, 0.1) is 0 Å². The normalized spacial score (nSPS) is 10.5. The summed E-state index contributed by atoms with van der Waals surface area (Å²) < 4.78 is 0.386. The Bertz CT molecular complexity index is 918. The molecule has 0 unspecified atom stereocenters. The van der Waals surface area contributed by atoms with Gasteiger partial charge in [-0.2, -0.15) is 4.98 Å². The van der Waals surface area contributed by atoms with Crippen molar-refractivity contribution in [2.75, 3.05) is 5.32 Å². The topological polar surface area (TPSA) is 123 Å². The summed E-state index contributed by atoms with van der Waals surface area (Å²) in [6.45, 7) is 0. The van der Waals surface area contributed by atoms with Gasteiger partial charge >= 0.3 is 5.69 Å². The molecule has 0 atom stereocenters. The van der Waals surface area contributed by atoms with Crippen molar-refractivity contribution in [3.05, 3.63) is 58.6 Å². The standard InChI is InChI=1S/C14H11N5O3/c15-11(20)8-3-5-9(6-4-8)17-12-10-2-1-7-16-13(10)19(22)14(21)18-12/h1-7,22H,(H2,15,20)(H,17,18,21). The second kappa shape index (κ2) is 5.17. The van der Waals surface area contributed by atoms with Gasteiger partial charge in [0.1, 0.15) is 5.82 Å². The van der Waals surface area contributed by atoms with E-state index in [4.69, 9.17) is 5.73 Å². The summed E-state index contributed by atoms with van der Waals surface area (Å²) >= 11 is 0. The minimum atomic E-state index is -0.845. The summed E-state index contributed by atoms with van der Waals surface area (Å²) in [6, 6.07) is 9.71. The van der Waals surface area contributed by atoms with Crippen LogP contribution in [0.2, 0.25) is 0 Å². The van der Waals surface area contributed by atoms with Crippen LogP contribution in [0.15, 0.2) is 47.4 Å². The first-order valence-corrected chi connectivity index (χ1v) is 6.30. The number of rotatable bonds is 3. The number of amides is 1. The van der Waals surface area contributed by atoms with Gasteiger partial charge in [-0.3, -0.25) is 4.79 Å². The number of nitrogens with two attached hydrogens (primary N) is 1. The highest BCUT2D eigenvalue weighted by molar-refractivity contribution is 5.93. The maximum absolute atomic E-state index is 11.6. The van der Waals surface area contributed by atoms with Crippen LogP contribution in [-0.4, -0.2) is 25.8 Å². The average Bonchev–Trinajstić information content (AvgIpc) is 2.53. The number of carbonyl (C=O) groups excluding carboxylic acids is 1. The van der Waals surface area contributed by atoms with Gasteiger partial charge in [0.05, 0.1) is 5.39 Å². The Morgan fingerprint density at radius 2 is 1.95 bits per heavy atom. The minimum absolute atomic E-state index is 0.0961. The van der Waals surface area contributed by atoms with Gasteiger partial charge in [0.15, 0.2) is 5.65 Å². The molecule has 0 radical (unpaired) electrons. The number of carbonyl (C=O) groups is 1. The number of primary amides is 1. The van der Waals surface area contributed by atoms with Crippen molar-refractivity contribution in [3.63, 3.8) is 0 Å². The summed E-state index contributed by atoms with van der Waals surface area (Å²) in [5.41, 5.74) is 5.41. The zero-order valence-corrected chi connectivity index (χ0v) is 11.2. The Labute approximate surface area is 123 Å². The first-order valence-electron chi connectivity index (χ1n) is 6.30. The number of anilines is 2. The quantitative estimate of drug-likeness (QED) is 0.616. The highest BCUT2D eigenvalue weighted by Crippen LogP contribution is 2.21. The van der Waals surface area contributed by atoms with E-state index in [-0.39, 0.29) is 11.5 Å². The molecular weight excluding hydrogens is 286 g/mol. The summed E-state index contributed by atoms with van der Waals surface area (Å²) in [5.74, 6) is -0.271. The molecule has 110 valence electrons. The van der Waals surface area contributed by atoms with E-state index in [9.17, 15) is 14.8 Å². The van der Waals surface area contributed by atoms with Crippen LogP contribution in [-0.2, 0) is 0 Å². The predicted molar refractivity (Wildman–Crippen MR) is 79.2 cm³/mol. The number of hydrogen-bond acceptors (Lipinski definition) is 6. The smallest absolute Gasteiger partial charge is 0.384 e. The molecule has 3 aromatic rings. The van der Waals surface area contributed by atoms with E-state index in [0.29, 0.717) is 21.4 Å². The summed E-state index contributed by atoms with van der Waals surface area (Å²) in [7, 11) is 0. The third-order valence-corrected chi connectivity index (χ3v) is 3.06. The van der Waals surface area contributed by atoms with Crippen LogP contribution < -0.4 is 16.7 Å². The highest BCUT2D eigenvalue weighted by Gasteiger charge is 2.10. The third kappa shape index (κ3) is 2.33. The molecule has 8 nitrogen and oxygen atoms in total. The van der Waals surface area contributed by atoms with Crippen LogP contribution in [0.25, 0.3) is 11.0 Å². The maximum Gasteiger partial charge on any atom is 0.384 e. The van der Waals surface area contributed by atoms with E-state index in [1.54, 1.807) is 36.4 Å². The molecule has 1 aromatic carbocycles. The Kier molecular flexibility index (Phi) is 3.18. The lowest BCUT2D eigenvalue weighted by molar-refractivity contribution is 0.100. The Balaban J connectivity index is 2.05. The lowest BCUT2D eigenvalue weighted by Gasteiger charge is -2.09. The molecular formula is C14H11N5O3. The summed E-state index contributed by atoms with van der Waals surface area (Å²) in [5, 5.41) is 13.1. The van der Waals surface area contributed by atoms with Gasteiger partial charge in [-0.05, 0) is 36.4 Å². The van der Waals surface area contributed by atoms with Crippen LogP contribution in [0.3, 0.4) is 0 Å². The molecule has 0 bridgehead atoms. The highest BCUT2D eigenvalue weighted by atomic mass is 16.5. The average molecular weight is 297 g/mol. The largest absolute Gasteiger partial charge is 0.422 e. The molecule has 1 amide bonds. The predicted octanol–water partition coefficient (Wildman–Crippen LogP) is 0.871. The van der Waals surface area contributed by atoms with Crippen molar-refractivity contribution in [3.8, 4) is 0 Å². The van der Waals surface area contributed by atoms with Gasteiger partial charge in [-0.25, -0.2) is 9.78 Å². The van der Waals surface area contributed by atoms with Crippen molar-refractivity contribution < 1.29 is 10.0 Å². The second-order valence-electron chi connectivity index (χ2n) is 4.50. The molecule has 2 aromatic heterocycles. The first-order chi connectivity index (χ1) is 10.6. The monoisotopic (exact) mass is 297 g/mol. The number of fused-ring (bicyclic) bond motifs is 1. The number of nitrogens with one attached hydrogen (secondary N) is 1. The molecule has 0 fully saturated rings. The van der Waals surface area contributed by atoms with Gasteiger partial charge in [-0.15, -0.1) is 4.73 Å². The summed E-state index contributed by atoms with van der Waals surface area (Å²) in [4.78, 5) is 30.4. The van der Waals surface area contributed by atoms with Crippen LogP contribution in [0.5, 0.6) is 0 Å². The fraction of sp³-hybridized carbons (Fsp3) is 0. The third-order valence-electron chi connectivity index (χ3n) is 3.06. The molecule has 0 aliphatic heterocycles. The van der Waals surface area contributed by atoms with Crippen molar-refractivity contribution >= 4 is 28.4 Å². The van der Waals surface area contributed by atoms with Gasteiger partial charge < -0.3 is 16.3 Å². The second-order valence-corrected chi connectivity index (χ2v) is 4.50. The molecule has 3 rings (SSSR count). The zero-order valence-electron chi connectivity index (χ0n) is 11.2. The van der Waals surface area contributed by atoms with Crippen molar-refractivity contribution in [2.45, 2.75) is 0 Å². The van der Waals surface area contributed by atoms with E-state index in [2.05, 4.69) is 15.3 Å². The number of benzene rings is 1. The Morgan fingerprint density at radius 3 is 2.64 bits per heavy atom. The zero-order chi connectivity index (χ0) is 15.7. The van der Waals surface area contributed by atoms with Crippen molar-refractivity contribution in [1.29, 1.82) is 0 Å². The number of pyridine rings is 1. The summed E-state index contributed by atoms with van der Waals surface area (Å²) in [6.07, 6.45) is 1.46. The van der Waals surface area contributed by atoms with E-state index in [1.165, 1.54) is 6.20 Å². The lowest BCUT2D eigenvalue weighted by Crippen LogP contribution is -2.23. The van der Waals surface area contributed by atoms with E-state index < -0.39 is 11.6 Å². The maximum atomic E-state index is 11.6. The molecule has 0 spiro atoms. The molecule has 0 saturated heterocycles.